The molecule has 0 radical (unpaired) electrons. The Bertz CT molecular complexity index is 1270. The molecule has 37 heavy (non-hydrogen) atoms. The van der Waals surface area contributed by atoms with E-state index in [-0.39, 0.29) is 34.8 Å². The zero-order valence-electron chi connectivity index (χ0n) is 21.5. The Morgan fingerprint density at radius 2 is 2.08 bits per heavy atom. The second-order valence-corrected chi connectivity index (χ2v) is 12.4. The number of ether oxygens (including phenoxy) is 1. The number of aromatic hydroxyl groups is 1. The zero-order valence-corrected chi connectivity index (χ0v) is 21.5. The van der Waals surface area contributed by atoms with Gasteiger partial charge < -0.3 is 19.6 Å². The van der Waals surface area contributed by atoms with Gasteiger partial charge in [0, 0.05) is 55.0 Å². The van der Waals surface area contributed by atoms with Crippen LogP contribution in [0.5, 0.6) is 11.5 Å². The maximum absolute atomic E-state index is 14.0. The number of phenolic OH excluding ortho intramolecular Hbond substituents is 1. The molecular weight excluding hydrogens is 466 g/mol. The Morgan fingerprint density at radius 1 is 1.19 bits per heavy atom. The van der Waals surface area contributed by atoms with Crippen LogP contribution in [0.25, 0.3) is 0 Å². The first kappa shape index (κ1) is 22.1. The van der Waals surface area contributed by atoms with Gasteiger partial charge in [-0.2, -0.15) is 0 Å². The van der Waals surface area contributed by atoms with E-state index in [0.29, 0.717) is 18.3 Å². The van der Waals surface area contributed by atoms with Gasteiger partial charge in [-0.3, -0.25) is 14.9 Å². The molecule has 2 spiro atoms. The summed E-state index contributed by atoms with van der Waals surface area (Å²) in [7, 11) is 1.86. The van der Waals surface area contributed by atoms with Crippen LogP contribution in [0.4, 0.5) is 4.79 Å². The smallest absolute Gasteiger partial charge is 0.320 e. The lowest BCUT2D eigenvalue weighted by Gasteiger charge is -2.66. The van der Waals surface area contributed by atoms with Gasteiger partial charge >= 0.3 is 6.03 Å². The molecule has 1 aromatic carbocycles. The lowest BCUT2D eigenvalue weighted by molar-refractivity contribution is -0.129. The highest BCUT2D eigenvalue weighted by Crippen LogP contribution is 2.71. The van der Waals surface area contributed by atoms with E-state index in [9.17, 15) is 9.90 Å². The highest BCUT2D eigenvalue weighted by atomic mass is 16.5. The number of carbonyl (C=O) groups excluding carboxylic acids is 1. The molecular formula is C29H35N5O3. The van der Waals surface area contributed by atoms with E-state index in [1.165, 1.54) is 30.5 Å². The van der Waals surface area contributed by atoms with E-state index in [2.05, 4.69) is 25.8 Å². The van der Waals surface area contributed by atoms with Crippen LogP contribution in [0, 0.1) is 11.3 Å². The number of hydrogen-bond donors (Lipinski definition) is 1. The number of carbonyl (C=O) groups is 1. The van der Waals surface area contributed by atoms with Crippen LogP contribution >= 0.6 is 0 Å². The third-order valence-corrected chi connectivity index (χ3v) is 10.8. The second-order valence-electron chi connectivity index (χ2n) is 12.4. The maximum Gasteiger partial charge on any atom is 0.320 e. The molecule has 1 aromatic heterocycles. The Balaban J connectivity index is 1.21. The largest absolute Gasteiger partial charge is 0.504 e. The summed E-state index contributed by atoms with van der Waals surface area (Å²) in [6, 6.07) is 4.49. The van der Waals surface area contributed by atoms with Crippen LogP contribution in [0.1, 0.15) is 55.3 Å². The van der Waals surface area contributed by atoms with Gasteiger partial charge in [0.2, 0.25) is 0 Å². The molecule has 2 amide bonds. The van der Waals surface area contributed by atoms with Gasteiger partial charge in [0.1, 0.15) is 6.10 Å². The minimum Gasteiger partial charge on any atom is -0.504 e. The summed E-state index contributed by atoms with van der Waals surface area (Å²) in [4.78, 5) is 29.2. The number of aromatic nitrogens is 2. The number of nitrogens with zero attached hydrogens (tertiary/aromatic N) is 5. The van der Waals surface area contributed by atoms with Crippen LogP contribution in [0.2, 0.25) is 0 Å². The van der Waals surface area contributed by atoms with Gasteiger partial charge in [-0.05, 0) is 69.0 Å². The summed E-state index contributed by atoms with van der Waals surface area (Å²) in [6.07, 6.45) is 12.8. The molecule has 2 aromatic rings. The number of fused-ring (bicyclic) bond motifs is 3. The van der Waals surface area contributed by atoms with Crippen molar-refractivity contribution in [2.75, 3.05) is 26.7 Å². The molecule has 4 bridgehead atoms. The molecule has 1 N–H and O–H groups in total. The van der Waals surface area contributed by atoms with Crippen molar-refractivity contribution >= 4 is 6.03 Å². The van der Waals surface area contributed by atoms with Crippen molar-refractivity contribution < 1.29 is 14.6 Å². The number of urea groups is 1. The number of amides is 2. The quantitative estimate of drug-likeness (QED) is 0.692. The van der Waals surface area contributed by atoms with Crippen LogP contribution in [-0.4, -0.2) is 80.7 Å². The summed E-state index contributed by atoms with van der Waals surface area (Å²) in [6.45, 7) is 3.49. The SMILES string of the molecule is CN(Cc1cnccn1)C(=O)N1CC[C@@]23CC[C@@H]1[C@@H]1Oc4c(O)ccc5c4[C@@]12CCN(CC1CC1)[C@@H]3C5. The minimum atomic E-state index is -0.124. The Kier molecular flexibility index (Phi) is 4.54. The van der Waals surface area contributed by atoms with E-state index in [0.717, 1.165) is 56.8 Å². The van der Waals surface area contributed by atoms with Gasteiger partial charge in [0.15, 0.2) is 11.5 Å². The fourth-order valence-electron chi connectivity index (χ4n) is 9.17. The van der Waals surface area contributed by atoms with Crippen molar-refractivity contribution in [3.63, 3.8) is 0 Å². The average Bonchev–Trinajstić information content (AvgIpc) is 3.70. The molecule has 8 heteroatoms. The Morgan fingerprint density at radius 3 is 2.89 bits per heavy atom. The first-order valence-electron chi connectivity index (χ1n) is 14.0. The van der Waals surface area contributed by atoms with Gasteiger partial charge in [0.25, 0.3) is 0 Å². The molecule has 5 heterocycles. The molecule has 9 rings (SSSR count). The fraction of sp³-hybridized carbons (Fsp3) is 0.621. The van der Waals surface area contributed by atoms with Crippen molar-refractivity contribution in [2.45, 2.75) is 75.1 Å². The first-order chi connectivity index (χ1) is 18.0. The fourth-order valence-corrected chi connectivity index (χ4v) is 9.17. The number of likely N-dealkylation sites (tertiary alicyclic amines) is 1. The van der Waals surface area contributed by atoms with E-state index < -0.39 is 0 Å². The number of rotatable bonds is 4. The Labute approximate surface area is 217 Å². The van der Waals surface area contributed by atoms with Crippen molar-refractivity contribution in [1.29, 1.82) is 0 Å². The highest BCUT2D eigenvalue weighted by Gasteiger charge is 2.74. The molecule has 8 nitrogen and oxygen atoms in total. The van der Waals surface area contributed by atoms with Gasteiger partial charge in [-0.1, -0.05) is 6.07 Å². The van der Waals surface area contributed by atoms with Gasteiger partial charge in [-0.15, -0.1) is 0 Å². The second kappa shape index (κ2) is 7.59. The molecule has 7 aliphatic rings. The van der Waals surface area contributed by atoms with Gasteiger partial charge in [0.05, 0.1) is 24.5 Å². The monoisotopic (exact) mass is 501 g/mol. The lowest BCUT2D eigenvalue weighted by Crippen LogP contribution is -2.73. The first-order valence-corrected chi connectivity index (χ1v) is 14.0. The van der Waals surface area contributed by atoms with Crippen molar-refractivity contribution in [2.24, 2.45) is 11.3 Å². The van der Waals surface area contributed by atoms with E-state index >= 15 is 0 Å². The molecule has 3 aliphatic carbocycles. The van der Waals surface area contributed by atoms with Crippen molar-refractivity contribution in [1.82, 2.24) is 24.7 Å². The molecule has 0 unspecified atom stereocenters. The standard InChI is InChI=1S/C29H35N5O3/c1-32(17-20-15-30-10-11-31-20)27(36)34-13-8-28-7-6-21(34)26-29(28)9-12-33(16-18-2-3-18)23(28)14-19-4-5-22(35)25(37-26)24(19)29/h4-5,10-11,15,18,21,23,26,35H,2-3,6-9,12-14,16-17H2,1H3/t21-,23-,26+,28-,29+/m1/s1. The highest BCUT2D eigenvalue weighted by molar-refractivity contribution is 5.75. The number of hydrogen-bond acceptors (Lipinski definition) is 6. The summed E-state index contributed by atoms with van der Waals surface area (Å²) in [5.74, 6) is 1.81. The van der Waals surface area contributed by atoms with E-state index in [1.54, 1.807) is 23.5 Å². The topological polar surface area (TPSA) is 82.0 Å². The summed E-state index contributed by atoms with van der Waals surface area (Å²) in [5.41, 5.74) is 3.38. The average molecular weight is 502 g/mol. The molecule has 2 saturated carbocycles. The molecule has 3 saturated heterocycles. The third-order valence-electron chi connectivity index (χ3n) is 10.8. The normalized spacial score (nSPS) is 35.1. The summed E-state index contributed by atoms with van der Waals surface area (Å²) < 4.78 is 6.82. The number of benzene rings is 1. The van der Waals surface area contributed by atoms with Crippen LogP contribution < -0.4 is 4.74 Å². The predicted molar refractivity (Wildman–Crippen MR) is 136 cm³/mol. The summed E-state index contributed by atoms with van der Waals surface area (Å²) >= 11 is 0. The van der Waals surface area contributed by atoms with Crippen LogP contribution in [0.3, 0.4) is 0 Å². The van der Waals surface area contributed by atoms with Crippen molar-refractivity contribution in [3.05, 3.63) is 47.5 Å². The molecule has 4 aliphatic heterocycles. The number of phenols is 1. The lowest BCUT2D eigenvalue weighted by atomic mass is 9.42. The zero-order chi connectivity index (χ0) is 24.9. The third kappa shape index (κ3) is 2.85. The molecule has 194 valence electrons. The molecule has 5 fully saturated rings. The Hall–Kier alpha value is -2.87. The molecule has 5 atom stereocenters. The minimum absolute atomic E-state index is 0.000754. The van der Waals surface area contributed by atoms with Crippen molar-refractivity contribution in [3.8, 4) is 11.5 Å². The number of piperidine rings is 1. The maximum atomic E-state index is 14.0. The predicted octanol–water partition coefficient (Wildman–Crippen LogP) is 3.33. The van der Waals surface area contributed by atoms with Gasteiger partial charge in [-0.25, -0.2) is 4.79 Å². The van der Waals surface area contributed by atoms with Crippen LogP contribution in [-0.2, 0) is 18.4 Å². The van der Waals surface area contributed by atoms with E-state index in [1.807, 2.05) is 13.1 Å². The van der Waals surface area contributed by atoms with E-state index in [4.69, 9.17) is 4.74 Å². The summed E-state index contributed by atoms with van der Waals surface area (Å²) in [5, 5.41) is 10.9. The van der Waals surface area contributed by atoms with Crippen LogP contribution in [0.15, 0.2) is 30.7 Å².